The van der Waals surface area contributed by atoms with Gasteiger partial charge < -0.3 is 20.9 Å². The lowest BCUT2D eigenvalue weighted by Gasteiger charge is -2.22. The molecule has 9 nitrogen and oxygen atoms in total. The lowest BCUT2D eigenvalue weighted by Crippen LogP contribution is -2.25. The average molecular weight is 623 g/mol. The van der Waals surface area contributed by atoms with Gasteiger partial charge in [-0.3, -0.25) is 9.69 Å². The average Bonchev–Trinajstić information content (AvgIpc) is 3.73. The third-order valence-electron chi connectivity index (χ3n) is 5.41. The first-order valence-corrected chi connectivity index (χ1v) is 12.4. The summed E-state index contributed by atoms with van der Waals surface area (Å²) in [5, 5.41) is 15.0. The quantitative estimate of drug-likeness (QED) is 0.270. The summed E-state index contributed by atoms with van der Waals surface area (Å²) in [6, 6.07) is 18.3. The maximum atomic E-state index is 11.9. The number of carboxylic acid groups (broad SMARTS) is 2. The van der Waals surface area contributed by atoms with E-state index in [-0.39, 0.29) is 12.1 Å². The number of aromatic amines is 1. The fraction of sp³-hybridized carbons (Fsp3) is 0.308. The number of hydrogen-bond donors (Lipinski definition) is 4. The molecule has 4 rings (SSSR count). The SMILES string of the molecule is NCc1cc(=O)[nH]c(-c2cccc(CN(Cc3cccc(Cl)c3)C3CC3)c2)n1.O=C(O)C(F)(F)F.O=C(O)C(F)(F)F. The van der Waals surface area contributed by atoms with Gasteiger partial charge in [0, 0.05) is 42.3 Å². The van der Waals surface area contributed by atoms with Crippen LogP contribution in [0.15, 0.2) is 59.4 Å². The summed E-state index contributed by atoms with van der Waals surface area (Å²) in [5.74, 6) is -4.96. The van der Waals surface area contributed by atoms with Crippen molar-refractivity contribution in [2.75, 3.05) is 0 Å². The molecule has 1 heterocycles. The minimum Gasteiger partial charge on any atom is -0.475 e. The van der Waals surface area contributed by atoms with Gasteiger partial charge in [0.2, 0.25) is 0 Å². The van der Waals surface area contributed by atoms with Crippen LogP contribution in [-0.2, 0) is 29.2 Å². The Bertz CT molecular complexity index is 1400. The number of carboxylic acids is 2. The molecule has 0 unspecified atom stereocenters. The number of carbonyl (C=O) groups is 2. The van der Waals surface area contributed by atoms with Crippen LogP contribution in [0.2, 0.25) is 5.02 Å². The number of hydrogen-bond acceptors (Lipinski definition) is 6. The summed E-state index contributed by atoms with van der Waals surface area (Å²) >= 11 is 6.15. The van der Waals surface area contributed by atoms with Crippen LogP contribution in [0.5, 0.6) is 0 Å². The highest BCUT2D eigenvalue weighted by Crippen LogP contribution is 2.30. The van der Waals surface area contributed by atoms with Crippen LogP contribution in [-0.4, -0.2) is 55.4 Å². The minimum absolute atomic E-state index is 0.184. The Hall–Kier alpha value is -3.95. The van der Waals surface area contributed by atoms with Gasteiger partial charge in [-0.25, -0.2) is 14.6 Å². The molecule has 1 aliphatic carbocycles. The maximum absolute atomic E-state index is 11.9. The predicted octanol–water partition coefficient (Wildman–Crippen LogP) is 4.98. The molecule has 5 N–H and O–H groups in total. The summed E-state index contributed by atoms with van der Waals surface area (Å²) in [6.07, 6.45) is -7.71. The fourth-order valence-electron chi connectivity index (χ4n) is 3.42. The number of rotatable bonds is 7. The van der Waals surface area contributed by atoms with E-state index in [1.807, 2.05) is 30.3 Å². The van der Waals surface area contributed by atoms with Crippen LogP contribution in [0.3, 0.4) is 0 Å². The normalized spacial score (nSPS) is 13.0. The van der Waals surface area contributed by atoms with Gasteiger partial charge in [0.05, 0.1) is 5.69 Å². The Morgan fingerprint density at radius 1 is 0.929 bits per heavy atom. The van der Waals surface area contributed by atoms with E-state index >= 15 is 0 Å². The molecule has 2 aromatic carbocycles. The zero-order valence-electron chi connectivity index (χ0n) is 21.5. The first-order valence-electron chi connectivity index (χ1n) is 12.0. The standard InChI is InChI=1S/C22H23ClN4O.2C2HF3O2/c23-18-6-2-4-16(10-18)14-27(20-7-8-20)13-15-3-1-5-17(9-15)22-25-19(12-24)11-21(28)26-22;2*3-2(4,5)1(6)7/h1-6,9-11,20H,7-8,12-14,24H2,(H,25,26,28);2*(H,6,7). The van der Waals surface area contributed by atoms with E-state index in [0.717, 1.165) is 23.7 Å². The molecule has 3 aromatic rings. The van der Waals surface area contributed by atoms with Gasteiger partial charge in [0.15, 0.2) is 0 Å². The maximum Gasteiger partial charge on any atom is 0.490 e. The number of halogens is 7. The van der Waals surface area contributed by atoms with Gasteiger partial charge in [-0.15, -0.1) is 0 Å². The van der Waals surface area contributed by atoms with E-state index in [2.05, 4.69) is 33.1 Å². The van der Waals surface area contributed by atoms with E-state index in [1.54, 1.807) is 0 Å². The first-order chi connectivity index (χ1) is 19.5. The second kappa shape index (κ2) is 14.8. The van der Waals surface area contributed by atoms with E-state index in [1.165, 1.54) is 30.0 Å². The van der Waals surface area contributed by atoms with E-state index < -0.39 is 24.3 Å². The van der Waals surface area contributed by atoms with Crippen LogP contribution in [0.25, 0.3) is 11.4 Å². The summed E-state index contributed by atoms with van der Waals surface area (Å²) in [5.41, 5.74) is 9.36. The highest BCUT2D eigenvalue weighted by Gasteiger charge is 2.38. The molecule has 0 amide bonds. The number of nitrogens with zero attached hydrogens (tertiary/aromatic N) is 2. The number of benzene rings is 2. The van der Waals surface area contributed by atoms with Gasteiger partial charge >= 0.3 is 24.3 Å². The molecule has 1 saturated carbocycles. The van der Waals surface area contributed by atoms with Crippen molar-refractivity contribution in [3.05, 3.63) is 86.8 Å². The highest BCUT2D eigenvalue weighted by atomic mass is 35.5. The Kier molecular flexibility index (Phi) is 12.1. The molecule has 1 aromatic heterocycles. The van der Waals surface area contributed by atoms with Crippen LogP contribution >= 0.6 is 11.6 Å². The summed E-state index contributed by atoms with van der Waals surface area (Å²) in [6.45, 7) is 1.95. The number of nitrogens with two attached hydrogens (primary N) is 1. The van der Waals surface area contributed by atoms with Crippen molar-refractivity contribution >= 4 is 23.5 Å². The van der Waals surface area contributed by atoms with E-state index in [9.17, 15) is 31.1 Å². The van der Waals surface area contributed by atoms with Gasteiger partial charge in [-0.2, -0.15) is 26.3 Å². The Balaban J connectivity index is 0.000000367. The molecule has 0 atom stereocenters. The highest BCUT2D eigenvalue weighted by molar-refractivity contribution is 6.30. The van der Waals surface area contributed by atoms with Crippen molar-refractivity contribution in [1.82, 2.24) is 14.9 Å². The topological polar surface area (TPSA) is 150 Å². The van der Waals surface area contributed by atoms with Crippen molar-refractivity contribution in [3.63, 3.8) is 0 Å². The third-order valence-corrected chi connectivity index (χ3v) is 5.65. The number of aliphatic carboxylic acids is 2. The molecule has 0 radical (unpaired) electrons. The van der Waals surface area contributed by atoms with Crippen LogP contribution in [0.4, 0.5) is 26.3 Å². The van der Waals surface area contributed by atoms with Crippen molar-refractivity contribution < 1.29 is 46.1 Å². The van der Waals surface area contributed by atoms with Crippen LogP contribution in [0.1, 0.15) is 29.7 Å². The molecule has 1 fully saturated rings. The summed E-state index contributed by atoms with van der Waals surface area (Å²) in [7, 11) is 0. The number of H-pyrrole nitrogens is 1. The van der Waals surface area contributed by atoms with E-state index in [0.29, 0.717) is 17.6 Å². The Morgan fingerprint density at radius 3 is 1.88 bits per heavy atom. The fourth-order valence-corrected chi connectivity index (χ4v) is 3.64. The van der Waals surface area contributed by atoms with Gasteiger partial charge in [-0.05, 0) is 42.2 Å². The summed E-state index contributed by atoms with van der Waals surface area (Å²) < 4.78 is 63.5. The van der Waals surface area contributed by atoms with Gasteiger partial charge in [0.25, 0.3) is 5.56 Å². The van der Waals surface area contributed by atoms with E-state index in [4.69, 9.17) is 37.1 Å². The molecule has 0 spiro atoms. The molecule has 1 aliphatic rings. The van der Waals surface area contributed by atoms with Gasteiger partial charge in [-0.1, -0.05) is 41.9 Å². The predicted molar refractivity (Wildman–Crippen MR) is 139 cm³/mol. The van der Waals surface area contributed by atoms with Crippen molar-refractivity contribution in [2.24, 2.45) is 5.73 Å². The summed E-state index contributed by atoms with van der Waals surface area (Å²) in [4.78, 5) is 39.4. The second-order valence-corrected chi connectivity index (χ2v) is 9.30. The molecule has 228 valence electrons. The molecular weight excluding hydrogens is 598 g/mol. The van der Waals surface area contributed by atoms with Crippen LogP contribution < -0.4 is 11.3 Å². The van der Waals surface area contributed by atoms with Crippen molar-refractivity contribution in [3.8, 4) is 11.4 Å². The smallest absolute Gasteiger partial charge is 0.475 e. The molecular formula is C26H25ClF6N4O5. The van der Waals surface area contributed by atoms with Crippen molar-refractivity contribution in [1.29, 1.82) is 0 Å². The molecule has 42 heavy (non-hydrogen) atoms. The molecule has 0 bridgehead atoms. The van der Waals surface area contributed by atoms with Gasteiger partial charge in [0.1, 0.15) is 5.82 Å². The minimum atomic E-state index is -5.08. The second-order valence-electron chi connectivity index (χ2n) is 8.86. The molecule has 0 aliphatic heterocycles. The van der Waals surface area contributed by atoms with Crippen LogP contribution in [0, 0.1) is 0 Å². The Labute approximate surface area is 239 Å². The lowest BCUT2D eigenvalue weighted by molar-refractivity contribution is -0.193. The third kappa shape index (κ3) is 11.9. The Morgan fingerprint density at radius 2 is 1.43 bits per heavy atom. The number of aromatic nitrogens is 2. The number of alkyl halides is 6. The number of nitrogens with one attached hydrogen (secondary N) is 1. The zero-order valence-corrected chi connectivity index (χ0v) is 22.3. The monoisotopic (exact) mass is 622 g/mol. The van der Waals surface area contributed by atoms with Crippen molar-refractivity contribution in [2.45, 2.75) is 50.9 Å². The molecule has 0 saturated heterocycles. The zero-order chi connectivity index (χ0) is 31.7. The first kappa shape index (κ1) is 34.3. The largest absolute Gasteiger partial charge is 0.490 e. The lowest BCUT2D eigenvalue weighted by atomic mass is 10.1. The molecule has 16 heteroatoms.